The largest absolute Gasteiger partial charge is 0.359 e. The first-order valence-corrected chi connectivity index (χ1v) is 6.84. The summed E-state index contributed by atoms with van der Waals surface area (Å²) in [5, 5.41) is 3.51. The lowest BCUT2D eigenvalue weighted by molar-refractivity contribution is 0.417. The maximum atomic E-state index is 4.72. The maximum absolute atomic E-state index is 4.72. The third-order valence-electron chi connectivity index (χ3n) is 3.04. The van der Waals surface area contributed by atoms with Gasteiger partial charge in [-0.05, 0) is 30.4 Å². The Morgan fingerprint density at radius 1 is 1.33 bits per heavy atom. The fraction of sp³-hybridized carbons (Fsp3) is 0.667. The van der Waals surface area contributed by atoms with Crippen molar-refractivity contribution < 1.29 is 0 Å². The van der Waals surface area contributed by atoms with E-state index in [4.69, 9.17) is 4.98 Å². The summed E-state index contributed by atoms with van der Waals surface area (Å²) in [4.78, 5) is 6.96. The zero-order valence-electron chi connectivity index (χ0n) is 12.0. The van der Waals surface area contributed by atoms with Crippen LogP contribution in [0.25, 0.3) is 0 Å². The van der Waals surface area contributed by atoms with Crippen LogP contribution in [0.2, 0.25) is 0 Å². The minimum Gasteiger partial charge on any atom is -0.359 e. The maximum Gasteiger partial charge on any atom is 0.128 e. The van der Waals surface area contributed by atoms with Gasteiger partial charge in [0.05, 0.1) is 5.69 Å². The molecular formula is C15H25N3. The number of hydrogen-bond donors (Lipinski definition) is 1. The summed E-state index contributed by atoms with van der Waals surface area (Å²) >= 11 is 0. The average molecular weight is 247 g/mol. The molecule has 3 nitrogen and oxygen atoms in total. The van der Waals surface area contributed by atoms with Crippen LogP contribution in [0.15, 0.2) is 18.2 Å². The SMILES string of the molecule is CN(CC(C)(C)C)c1cccc(CNC2CC2)n1. The van der Waals surface area contributed by atoms with Crippen LogP contribution in [0.4, 0.5) is 5.82 Å². The minimum atomic E-state index is 0.290. The van der Waals surface area contributed by atoms with Crippen LogP contribution in [0.1, 0.15) is 39.3 Å². The second-order valence-electron chi connectivity index (χ2n) is 6.56. The van der Waals surface area contributed by atoms with Crippen molar-refractivity contribution in [2.75, 3.05) is 18.5 Å². The second kappa shape index (κ2) is 5.27. The third kappa shape index (κ3) is 4.30. The number of aromatic nitrogens is 1. The molecular weight excluding hydrogens is 222 g/mol. The highest BCUT2D eigenvalue weighted by Crippen LogP contribution is 2.20. The van der Waals surface area contributed by atoms with Crippen molar-refractivity contribution >= 4 is 5.82 Å². The second-order valence-corrected chi connectivity index (χ2v) is 6.56. The lowest BCUT2D eigenvalue weighted by Gasteiger charge is -2.27. The zero-order valence-corrected chi connectivity index (χ0v) is 12.0. The van der Waals surface area contributed by atoms with Crippen molar-refractivity contribution in [2.24, 2.45) is 5.41 Å². The quantitative estimate of drug-likeness (QED) is 0.867. The van der Waals surface area contributed by atoms with Gasteiger partial charge in [-0.3, -0.25) is 0 Å². The summed E-state index contributed by atoms with van der Waals surface area (Å²) in [6, 6.07) is 7.03. The van der Waals surface area contributed by atoms with Gasteiger partial charge in [-0.15, -0.1) is 0 Å². The van der Waals surface area contributed by atoms with Crippen LogP contribution >= 0.6 is 0 Å². The van der Waals surface area contributed by atoms with Crippen molar-refractivity contribution in [3.05, 3.63) is 23.9 Å². The molecule has 0 radical (unpaired) electrons. The van der Waals surface area contributed by atoms with Crippen LogP contribution in [0, 0.1) is 5.41 Å². The van der Waals surface area contributed by atoms with Crippen LogP contribution in [0.3, 0.4) is 0 Å². The normalized spacial score (nSPS) is 15.8. The Morgan fingerprint density at radius 3 is 2.67 bits per heavy atom. The van der Waals surface area contributed by atoms with Crippen molar-refractivity contribution in [1.29, 1.82) is 0 Å². The predicted molar refractivity (Wildman–Crippen MR) is 76.8 cm³/mol. The standard InChI is InChI=1S/C15H25N3/c1-15(2,3)11-18(4)14-7-5-6-13(17-14)10-16-12-8-9-12/h5-7,12,16H,8-11H2,1-4H3. The van der Waals surface area contributed by atoms with Gasteiger partial charge in [0, 0.05) is 26.2 Å². The zero-order chi connectivity index (χ0) is 13.2. The molecule has 0 saturated heterocycles. The van der Waals surface area contributed by atoms with Gasteiger partial charge in [-0.2, -0.15) is 0 Å². The summed E-state index contributed by atoms with van der Waals surface area (Å²) in [6.07, 6.45) is 2.65. The van der Waals surface area contributed by atoms with Crippen molar-refractivity contribution in [1.82, 2.24) is 10.3 Å². The van der Waals surface area contributed by atoms with E-state index in [-0.39, 0.29) is 0 Å². The molecule has 0 atom stereocenters. The molecule has 3 heteroatoms. The predicted octanol–water partition coefficient (Wildman–Crippen LogP) is 2.82. The highest BCUT2D eigenvalue weighted by molar-refractivity contribution is 5.38. The molecule has 0 spiro atoms. The van der Waals surface area contributed by atoms with Gasteiger partial charge in [-0.25, -0.2) is 4.98 Å². The Balaban J connectivity index is 1.96. The van der Waals surface area contributed by atoms with Gasteiger partial charge in [0.15, 0.2) is 0 Å². The Bertz CT molecular complexity index is 391. The van der Waals surface area contributed by atoms with E-state index in [2.05, 4.69) is 56.2 Å². The van der Waals surface area contributed by atoms with E-state index in [1.165, 1.54) is 12.8 Å². The molecule has 1 aliphatic rings. The number of rotatable bonds is 5. The summed E-state index contributed by atoms with van der Waals surface area (Å²) in [6.45, 7) is 8.66. The number of nitrogens with one attached hydrogen (secondary N) is 1. The summed E-state index contributed by atoms with van der Waals surface area (Å²) in [5.74, 6) is 1.07. The van der Waals surface area contributed by atoms with Crippen molar-refractivity contribution in [2.45, 2.75) is 46.2 Å². The summed E-state index contributed by atoms with van der Waals surface area (Å²) in [7, 11) is 2.12. The van der Waals surface area contributed by atoms with E-state index in [1.54, 1.807) is 0 Å². The fourth-order valence-corrected chi connectivity index (χ4v) is 2.11. The van der Waals surface area contributed by atoms with Gasteiger partial charge in [0.1, 0.15) is 5.82 Å². The fourth-order valence-electron chi connectivity index (χ4n) is 2.11. The molecule has 1 heterocycles. The van der Waals surface area contributed by atoms with Gasteiger partial charge in [-0.1, -0.05) is 26.8 Å². The Hall–Kier alpha value is -1.09. The van der Waals surface area contributed by atoms with Crippen LogP contribution in [0.5, 0.6) is 0 Å². The van der Waals surface area contributed by atoms with Gasteiger partial charge in [0.25, 0.3) is 0 Å². The molecule has 0 unspecified atom stereocenters. The molecule has 1 aromatic heterocycles. The van der Waals surface area contributed by atoms with E-state index < -0.39 is 0 Å². The average Bonchev–Trinajstić information content (AvgIpc) is 3.08. The number of nitrogens with zero attached hydrogens (tertiary/aromatic N) is 2. The van der Waals surface area contributed by atoms with E-state index in [0.29, 0.717) is 5.41 Å². The van der Waals surface area contributed by atoms with E-state index >= 15 is 0 Å². The van der Waals surface area contributed by atoms with E-state index in [1.807, 2.05) is 0 Å². The molecule has 0 aromatic carbocycles. The Kier molecular flexibility index (Phi) is 3.91. The number of hydrogen-bond acceptors (Lipinski definition) is 3. The number of anilines is 1. The van der Waals surface area contributed by atoms with Gasteiger partial charge in [0.2, 0.25) is 0 Å². The molecule has 1 aliphatic carbocycles. The lowest BCUT2D eigenvalue weighted by Crippen LogP contribution is -2.30. The third-order valence-corrected chi connectivity index (χ3v) is 3.04. The summed E-state index contributed by atoms with van der Waals surface area (Å²) in [5.41, 5.74) is 1.43. The first-order valence-electron chi connectivity index (χ1n) is 6.84. The molecule has 100 valence electrons. The lowest BCUT2D eigenvalue weighted by atomic mass is 9.96. The highest BCUT2D eigenvalue weighted by Gasteiger charge is 2.20. The topological polar surface area (TPSA) is 28.2 Å². The molecule has 0 aliphatic heterocycles. The van der Waals surface area contributed by atoms with Crippen LogP contribution in [-0.4, -0.2) is 24.6 Å². The molecule has 2 rings (SSSR count). The molecule has 18 heavy (non-hydrogen) atoms. The number of pyridine rings is 1. The van der Waals surface area contributed by atoms with Crippen molar-refractivity contribution in [3.8, 4) is 0 Å². The molecule has 1 saturated carbocycles. The Labute approximate surface area is 111 Å². The monoisotopic (exact) mass is 247 g/mol. The molecule has 0 bridgehead atoms. The molecule has 1 aromatic rings. The van der Waals surface area contributed by atoms with Gasteiger partial charge >= 0.3 is 0 Å². The smallest absolute Gasteiger partial charge is 0.128 e. The molecule has 0 amide bonds. The summed E-state index contributed by atoms with van der Waals surface area (Å²) < 4.78 is 0. The molecule has 1 N–H and O–H groups in total. The first-order chi connectivity index (χ1) is 8.44. The Morgan fingerprint density at radius 2 is 2.06 bits per heavy atom. The van der Waals surface area contributed by atoms with E-state index in [0.717, 1.165) is 30.6 Å². The van der Waals surface area contributed by atoms with Crippen molar-refractivity contribution in [3.63, 3.8) is 0 Å². The minimum absolute atomic E-state index is 0.290. The van der Waals surface area contributed by atoms with Crippen LogP contribution < -0.4 is 10.2 Å². The highest BCUT2D eigenvalue weighted by atomic mass is 15.2. The molecule has 1 fully saturated rings. The van der Waals surface area contributed by atoms with Crippen LogP contribution in [-0.2, 0) is 6.54 Å². The first kappa shape index (κ1) is 13.3. The van der Waals surface area contributed by atoms with E-state index in [9.17, 15) is 0 Å². The van der Waals surface area contributed by atoms with Gasteiger partial charge < -0.3 is 10.2 Å².